The molecule has 0 saturated heterocycles. The van der Waals surface area contributed by atoms with Crippen LogP contribution in [0.15, 0.2) is 65.0 Å². The molecule has 0 radical (unpaired) electrons. The molecule has 1 N–H and O–H groups in total. The number of aryl methyl sites for hydroxylation is 1. The van der Waals surface area contributed by atoms with Crippen molar-refractivity contribution in [2.45, 2.75) is 23.1 Å². The number of anilines is 1. The van der Waals surface area contributed by atoms with Gasteiger partial charge in [-0.05, 0) is 29.9 Å². The zero-order chi connectivity index (χ0) is 17.8. The Kier molecular flexibility index (Phi) is 5.32. The second kappa shape index (κ2) is 8.01. The molecule has 6 heteroatoms. The Labute approximate surface area is 161 Å². The van der Waals surface area contributed by atoms with Crippen molar-refractivity contribution in [3.05, 3.63) is 71.8 Å². The number of amides is 1. The molecule has 1 amide bonds. The quantitative estimate of drug-likeness (QED) is 0.479. The van der Waals surface area contributed by atoms with E-state index in [2.05, 4.69) is 51.9 Å². The van der Waals surface area contributed by atoms with Gasteiger partial charge in [-0.15, -0.1) is 10.2 Å². The topological polar surface area (TPSA) is 54.9 Å². The van der Waals surface area contributed by atoms with Crippen molar-refractivity contribution in [1.29, 1.82) is 0 Å². The highest BCUT2D eigenvalue weighted by molar-refractivity contribution is 8.01. The van der Waals surface area contributed by atoms with Gasteiger partial charge < -0.3 is 5.32 Å². The molecule has 2 atom stereocenters. The van der Waals surface area contributed by atoms with Gasteiger partial charge in [0.15, 0.2) is 4.34 Å². The third-order valence-corrected chi connectivity index (χ3v) is 6.42. The van der Waals surface area contributed by atoms with Gasteiger partial charge in [0.25, 0.3) is 0 Å². The Hall–Kier alpha value is -2.18. The summed E-state index contributed by atoms with van der Waals surface area (Å²) in [4.78, 5) is 12.4. The SMILES string of the molecule is O=C(Nc1nnc(SCCc2ccccc2)s1)C1C[C@H]1c1ccccc1. The molecule has 1 unspecified atom stereocenters. The molecule has 1 aliphatic rings. The first-order valence-corrected chi connectivity index (χ1v) is 10.5. The van der Waals surface area contributed by atoms with Gasteiger partial charge in [0.1, 0.15) is 0 Å². The molecule has 1 aliphatic carbocycles. The number of carbonyl (C=O) groups excluding carboxylic acids is 1. The second-order valence-corrected chi connectivity index (χ2v) is 8.63. The third kappa shape index (κ3) is 4.31. The molecule has 1 saturated carbocycles. The summed E-state index contributed by atoms with van der Waals surface area (Å²) >= 11 is 3.13. The van der Waals surface area contributed by atoms with Crippen LogP contribution in [-0.2, 0) is 11.2 Å². The fourth-order valence-electron chi connectivity index (χ4n) is 2.97. The first-order valence-electron chi connectivity index (χ1n) is 8.65. The van der Waals surface area contributed by atoms with Crippen LogP contribution >= 0.6 is 23.1 Å². The van der Waals surface area contributed by atoms with E-state index < -0.39 is 0 Å². The van der Waals surface area contributed by atoms with E-state index in [0.29, 0.717) is 11.0 Å². The van der Waals surface area contributed by atoms with E-state index in [0.717, 1.165) is 22.9 Å². The van der Waals surface area contributed by atoms with Crippen LogP contribution in [0.1, 0.15) is 23.5 Å². The van der Waals surface area contributed by atoms with Crippen LogP contribution in [0, 0.1) is 5.92 Å². The second-order valence-electron chi connectivity index (χ2n) is 6.31. The monoisotopic (exact) mass is 381 g/mol. The summed E-state index contributed by atoms with van der Waals surface area (Å²) < 4.78 is 0.895. The van der Waals surface area contributed by atoms with Gasteiger partial charge in [-0.2, -0.15) is 0 Å². The molecular formula is C20H19N3OS2. The molecule has 0 bridgehead atoms. The molecular weight excluding hydrogens is 362 g/mol. The minimum absolute atomic E-state index is 0.0514. The average molecular weight is 382 g/mol. The lowest BCUT2D eigenvalue weighted by atomic mass is 10.1. The number of hydrogen-bond donors (Lipinski definition) is 1. The van der Waals surface area contributed by atoms with E-state index >= 15 is 0 Å². The molecule has 4 nitrogen and oxygen atoms in total. The molecule has 0 aliphatic heterocycles. The predicted octanol–water partition coefficient (Wildman–Crippen LogP) is 4.62. The van der Waals surface area contributed by atoms with E-state index in [1.165, 1.54) is 22.5 Å². The first kappa shape index (κ1) is 17.2. The number of thioether (sulfide) groups is 1. The number of hydrogen-bond acceptors (Lipinski definition) is 5. The largest absolute Gasteiger partial charge is 0.300 e. The fourth-order valence-corrected chi connectivity index (χ4v) is 4.78. The van der Waals surface area contributed by atoms with Crippen LogP contribution in [0.5, 0.6) is 0 Å². The van der Waals surface area contributed by atoms with E-state index in [1.807, 2.05) is 24.3 Å². The lowest BCUT2D eigenvalue weighted by Crippen LogP contribution is -2.14. The number of aromatic nitrogens is 2. The van der Waals surface area contributed by atoms with Gasteiger partial charge in [-0.25, -0.2) is 0 Å². The zero-order valence-electron chi connectivity index (χ0n) is 14.2. The summed E-state index contributed by atoms with van der Waals surface area (Å²) in [6, 6.07) is 20.6. The third-order valence-electron chi connectivity index (χ3n) is 4.45. The maximum atomic E-state index is 12.4. The van der Waals surface area contributed by atoms with Crippen molar-refractivity contribution in [3.8, 4) is 0 Å². The van der Waals surface area contributed by atoms with Crippen LogP contribution in [0.4, 0.5) is 5.13 Å². The Bertz CT molecular complexity index is 867. The summed E-state index contributed by atoms with van der Waals surface area (Å²) in [6.07, 6.45) is 1.90. The summed E-state index contributed by atoms with van der Waals surface area (Å²) in [5.74, 6) is 1.39. The molecule has 1 aromatic heterocycles. The molecule has 3 aromatic rings. The summed E-state index contributed by atoms with van der Waals surface area (Å²) in [7, 11) is 0. The standard InChI is InChI=1S/C20H19N3OS2/c24-18(17-13-16(17)15-9-5-2-6-10-15)21-19-22-23-20(26-19)25-12-11-14-7-3-1-4-8-14/h1-10,16-17H,11-13H2,(H,21,22,24)/t16-,17?/m0/s1. The molecule has 132 valence electrons. The number of carbonyl (C=O) groups is 1. The number of benzene rings is 2. The van der Waals surface area contributed by atoms with Gasteiger partial charge in [0.2, 0.25) is 11.0 Å². The maximum absolute atomic E-state index is 12.4. The smallest absolute Gasteiger partial charge is 0.229 e. The highest BCUT2D eigenvalue weighted by atomic mass is 32.2. The van der Waals surface area contributed by atoms with Crippen LogP contribution in [-0.4, -0.2) is 21.9 Å². The van der Waals surface area contributed by atoms with Gasteiger partial charge in [-0.3, -0.25) is 4.79 Å². The zero-order valence-corrected chi connectivity index (χ0v) is 15.8. The first-order chi connectivity index (χ1) is 12.8. The Balaban J connectivity index is 1.25. The number of nitrogens with zero attached hydrogens (tertiary/aromatic N) is 2. The fraction of sp³-hybridized carbons (Fsp3) is 0.250. The van der Waals surface area contributed by atoms with Crippen LogP contribution in [0.25, 0.3) is 0 Å². The normalized spacial score (nSPS) is 18.5. The summed E-state index contributed by atoms with van der Waals surface area (Å²) in [5, 5.41) is 11.8. The molecule has 26 heavy (non-hydrogen) atoms. The average Bonchev–Trinajstić information content (AvgIpc) is 3.38. The predicted molar refractivity (Wildman–Crippen MR) is 107 cm³/mol. The molecule has 2 aromatic carbocycles. The molecule has 1 fully saturated rings. The lowest BCUT2D eigenvalue weighted by molar-refractivity contribution is -0.117. The van der Waals surface area contributed by atoms with Crippen molar-refractivity contribution >= 4 is 34.1 Å². The lowest BCUT2D eigenvalue weighted by Gasteiger charge is -2.01. The summed E-state index contributed by atoms with van der Waals surface area (Å²) in [5.41, 5.74) is 2.56. The molecule has 1 heterocycles. The molecule has 4 rings (SSSR count). The van der Waals surface area contributed by atoms with Crippen LogP contribution in [0.2, 0.25) is 0 Å². The van der Waals surface area contributed by atoms with E-state index in [-0.39, 0.29) is 11.8 Å². The minimum Gasteiger partial charge on any atom is -0.300 e. The van der Waals surface area contributed by atoms with Crippen molar-refractivity contribution in [1.82, 2.24) is 10.2 Å². The van der Waals surface area contributed by atoms with E-state index in [9.17, 15) is 4.79 Å². The van der Waals surface area contributed by atoms with Crippen molar-refractivity contribution in [3.63, 3.8) is 0 Å². The van der Waals surface area contributed by atoms with Gasteiger partial charge in [0, 0.05) is 11.7 Å². The highest BCUT2D eigenvalue weighted by Crippen LogP contribution is 2.48. The number of nitrogens with one attached hydrogen (secondary N) is 1. The summed E-state index contributed by atoms with van der Waals surface area (Å²) in [6.45, 7) is 0. The number of rotatable bonds is 7. The van der Waals surface area contributed by atoms with Gasteiger partial charge in [0.05, 0.1) is 0 Å². The Morgan fingerprint density at radius 2 is 1.81 bits per heavy atom. The van der Waals surface area contributed by atoms with E-state index in [1.54, 1.807) is 11.8 Å². The highest BCUT2D eigenvalue weighted by Gasteiger charge is 2.44. The van der Waals surface area contributed by atoms with Crippen molar-refractivity contribution in [2.75, 3.05) is 11.1 Å². The van der Waals surface area contributed by atoms with E-state index in [4.69, 9.17) is 0 Å². The minimum atomic E-state index is 0.0514. The Morgan fingerprint density at radius 1 is 1.08 bits per heavy atom. The van der Waals surface area contributed by atoms with Crippen molar-refractivity contribution < 1.29 is 4.79 Å². The van der Waals surface area contributed by atoms with Gasteiger partial charge >= 0.3 is 0 Å². The van der Waals surface area contributed by atoms with Crippen LogP contribution < -0.4 is 5.32 Å². The van der Waals surface area contributed by atoms with Crippen molar-refractivity contribution in [2.24, 2.45) is 5.92 Å². The Morgan fingerprint density at radius 3 is 2.58 bits per heavy atom. The molecule has 0 spiro atoms. The maximum Gasteiger partial charge on any atom is 0.229 e. The van der Waals surface area contributed by atoms with Gasteiger partial charge in [-0.1, -0.05) is 83.8 Å². The van der Waals surface area contributed by atoms with Crippen LogP contribution in [0.3, 0.4) is 0 Å².